The second-order valence-electron chi connectivity index (χ2n) is 8.31. The van der Waals surface area contributed by atoms with Gasteiger partial charge in [-0.3, -0.25) is 4.79 Å². The molecule has 0 aromatic heterocycles. The fourth-order valence-electron chi connectivity index (χ4n) is 5.80. The number of benzene rings is 1. The lowest BCUT2D eigenvalue weighted by Crippen LogP contribution is -2.93. The smallest absolute Gasteiger partial charge is 0.255 e. The Bertz CT molecular complexity index is 666. The van der Waals surface area contributed by atoms with Crippen LogP contribution in [0.3, 0.4) is 0 Å². The van der Waals surface area contributed by atoms with E-state index in [1.54, 1.807) is 7.11 Å². The number of hydrogen-bond acceptors (Lipinski definition) is 3. The Hall–Kier alpha value is -1.46. The van der Waals surface area contributed by atoms with Crippen LogP contribution in [0.15, 0.2) is 12.1 Å². The molecular formula is C20H28ClN2O3+. The van der Waals surface area contributed by atoms with Gasteiger partial charge in [-0.1, -0.05) is 11.6 Å². The zero-order chi connectivity index (χ0) is 18.3. The van der Waals surface area contributed by atoms with E-state index in [4.69, 9.17) is 26.8 Å². The van der Waals surface area contributed by atoms with Crippen LogP contribution in [0.2, 0.25) is 5.02 Å². The minimum Gasteiger partial charge on any atom is -0.493 e. The summed E-state index contributed by atoms with van der Waals surface area (Å²) in [5.41, 5.74) is 6.26. The van der Waals surface area contributed by atoms with Crippen molar-refractivity contribution in [2.45, 2.75) is 44.7 Å². The molecule has 4 N–H and O–H groups in total. The molecule has 1 aromatic rings. The molecule has 0 aliphatic heterocycles. The summed E-state index contributed by atoms with van der Waals surface area (Å²) in [5, 5.41) is 2.97. The molecule has 5 rings (SSSR count). The van der Waals surface area contributed by atoms with E-state index in [1.165, 1.54) is 32.1 Å². The standard InChI is InChI=1S/C20H27ClN2O3/c1-25-17-8-13(7-16(21)20(17)26-10-18(22)24)9-23-19-14-3-11-2-12(5-14)6-15(19)4-11/h7-8,11-12,14-15,19,23H,2-6,9-10H2,1H3,(H2,22,24)/p+1. The van der Waals surface area contributed by atoms with Gasteiger partial charge in [0.2, 0.25) is 0 Å². The van der Waals surface area contributed by atoms with Crippen molar-refractivity contribution in [3.05, 3.63) is 22.7 Å². The normalized spacial score (nSPS) is 31.8. The minimum absolute atomic E-state index is 0.213. The van der Waals surface area contributed by atoms with Gasteiger partial charge >= 0.3 is 0 Å². The Kier molecular flexibility index (Phi) is 5.02. The molecule has 4 bridgehead atoms. The van der Waals surface area contributed by atoms with E-state index in [1.807, 2.05) is 12.1 Å². The highest BCUT2D eigenvalue weighted by atomic mass is 35.5. The van der Waals surface area contributed by atoms with Crippen LogP contribution in [0.25, 0.3) is 0 Å². The molecule has 0 radical (unpaired) electrons. The highest BCUT2D eigenvalue weighted by Gasteiger charge is 2.50. The molecule has 4 aliphatic rings. The maximum absolute atomic E-state index is 11.0. The summed E-state index contributed by atoms with van der Waals surface area (Å²) in [6.07, 6.45) is 7.20. The number of primary amides is 1. The van der Waals surface area contributed by atoms with Gasteiger partial charge in [0.05, 0.1) is 18.2 Å². The third kappa shape index (κ3) is 3.52. The SMILES string of the molecule is COc1cc(C[NH2+]C2C3CC4CC(C3)CC2C4)cc(Cl)c1OCC(N)=O. The molecule has 6 heteroatoms. The van der Waals surface area contributed by atoms with E-state index < -0.39 is 5.91 Å². The molecule has 0 atom stereocenters. The first-order chi connectivity index (χ1) is 12.5. The highest BCUT2D eigenvalue weighted by molar-refractivity contribution is 6.32. The van der Waals surface area contributed by atoms with Crippen molar-refractivity contribution in [2.75, 3.05) is 13.7 Å². The van der Waals surface area contributed by atoms with Crippen LogP contribution < -0.4 is 20.5 Å². The first-order valence-corrected chi connectivity index (χ1v) is 10.0. The van der Waals surface area contributed by atoms with Gasteiger partial charge in [0.25, 0.3) is 5.91 Å². The van der Waals surface area contributed by atoms with Crippen LogP contribution in [-0.2, 0) is 11.3 Å². The number of carbonyl (C=O) groups excluding carboxylic acids is 1. The molecular weight excluding hydrogens is 352 g/mol. The van der Waals surface area contributed by atoms with Crippen LogP contribution in [0, 0.1) is 23.7 Å². The number of halogens is 1. The first-order valence-electron chi connectivity index (χ1n) is 9.64. The van der Waals surface area contributed by atoms with Crippen LogP contribution in [0.5, 0.6) is 11.5 Å². The average Bonchev–Trinajstić information content (AvgIpc) is 2.59. The maximum atomic E-state index is 11.0. The van der Waals surface area contributed by atoms with Crippen molar-refractivity contribution in [1.29, 1.82) is 0 Å². The number of nitrogens with two attached hydrogens (primary N) is 2. The molecule has 26 heavy (non-hydrogen) atoms. The van der Waals surface area contributed by atoms with Crippen LogP contribution in [-0.4, -0.2) is 25.7 Å². The molecule has 4 aliphatic carbocycles. The van der Waals surface area contributed by atoms with E-state index in [9.17, 15) is 4.79 Å². The fraction of sp³-hybridized carbons (Fsp3) is 0.650. The average molecular weight is 380 g/mol. The predicted molar refractivity (Wildman–Crippen MR) is 99.2 cm³/mol. The maximum Gasteiger partial charge on any atom is 0.255 e. The van der Waals surface area contributed by atoms with E-state index >= 15 is 0 Å². The van der Waals surface area contributed by atoms with E-state index in [0.29, 0.717) is 16.5 Å². The summed E-state index contributed by atoms with van der Waals surface area (Å²) in [6, 6.07) is 4.61. The van der Waals surface area contributed by atoms with Gasteiger partial charge in [-0.2, -0.15) is 0 Å². The molecule has 4 fully saturated rings. The van der Waals surface area contributed by atoms with Gasteiger partial charge in [-0.15, -0.1) is 0 Å². The summed E-state index contributed by atoms with van der Waals surface area (Å²) in [5.74, 6) is 4.17. The molecule has 5 nitrogen and oxygen atoms in total. The van der Waals surface area contributed by atoms with Crippen molar-refractivity contribution >= 4 is 17.5 Å². The Morgan fingerprint density at radius 3 is 2.42 bits per heavy atom. The molecule has 142 valence electrons. The van der Waals surface area contributed by atoms with E-state index in [0.717, 1.165) is 41.8 Å². The number of amides is 1. The lowest BCUT2D eigenvalue weighted by Gasteiger charge is -2.52. The van der Waals surface area contributed by atoms with Crippen LogP contribution >= 0.6 is 11.6 Å². The number of carbonyl (C=O) groups is 1. The van der Waals surface area contributed by atoms with Crippen molar-refractivity contribution in [2.24, 2.45) is 29.4 Å². The molecule has 0 heterocycles. The van der Waals surface area contributed by atoms with Crippen molar-refractivity contribution in [3.8, 4) is 11.5 Å². The first kappa shape index (κ1) is 17.9. The third-order valence-electron chi connectivity index (χ3n) is 6.57. The fourth-order valence-corrected chi connectivity index (χ4v) is 6.09. The second-order valence-corrected chi connectivity index (χ2v) is 8.72. The number of ether oxygens (including phenoxy) is 2. The molecule has 0 saturated heterocycles. The second kappa shape index (κ2) is 7.28. The van der Waals surface area contributed by atoms with E-state index in [-0.39, 0.29) is 6.61 Å². The van der Waals surface area contributed by atoms with Crippen LogP contribution in [0.1, 0.15) is 37.7 Å². The van der Waals surface area contributed by atoms with Gasteiger partial charge in [-0.05, 0) is 56.1 Å². The van der Waals surface area contributed by atoms with Crippen molar-refractivity contribution < 1.29 is 19.6 Å². The van der Waals surface area contributed by atoms with Crippen molar-refractivity contribution in [1.82, 2.24) is 0 Å². The Morgan fingerprint density at radius 1 is 1.19 bits per heavy atom. The molecule has 1 aromatic carbocycles. The summed E-state index contributed by atoms with van der Waals surface area (Å²) in [7, 11) is 1.58. The molecule has 4 saturated carbocycles. The Balaban J connectivity index is 1.43. The van der Waals surface area contributed by atoms with E-state index in [2.05, 4.69) is 5.32 Å². The Labute approximate surface area is 159 Å². The largest absolute Gasteiger partial charge is 0.493 e. The van der Waals surface area contributed by atoms with Gasteiger partial charge < -0.3 is 20.5 Å². The van der Waals surface area contributed by atoms with Gasteiger partial charge in [-0.25, -0.2) is 0 Å². The quantitative estimate of drug-likeness (QED) is 0.761. The topological polar surface area (TPSA) is 78.2 Å². The predicted octanol–water partition coefficient (Wildman–Crippen LogP) is 2.10. The molecule has 0 unspecified atom stereocenters. The van der Waals surface area contributed by atoms with Gasteiger partial charge in [0.15, 0.2) is 18.1 Å². The zero-order valence-electron chi connectivity index (χ0n) is 15.2. The Morgan fingerprint density at radius 2 is 1.85 bits per heavy atom. The molecule has 0 spiro atoms. The summed E-state index contributed by atoms with van der Waals surface area (Å²) < 4.78 is 10.8. The summed E-state index contributed by atoms with van der Waals surface area (Å²) >= 11 is 6.37. The summed E-state index contributed by atoms with van der Waals surface area (Å²) in [6.45, 7) is 0.675. The number of rotatable bonds is 7. The third-order valence-corrected chi connectivity index (χ3v) is 6.85. The molecule has 1 amide bonds. The number of methoxy groups -OCH3 is 1. The van der Waals surface area contributed by atoms with Crippen molar-refractivity contribution in [3.63, 3.8) is 0 Å². The van der Waals surface area contributed by atoms with Crippen LogP contribution in [0.4, 0.5) is 0 Å². The lowest BCUT2D eigenvalue weighted by atomic mass is 9.54. The van der Waals surface area contributed by atoms with Gasteiger partial charge in [0.1, 0.15) is 6.54 Å². The lowest BCUT2D eigenvalue weighted by molar-refractivity contribution is -0.723. The monoisotopic (exact) mass is 379 g/mol. The highest BCUT2D eigenvalue weighted by Crippen LogP contribution is 2.52. The number of quaternary nitrogens is 1. The minimum atomic E-state index is -0.539. The summed E-state index contributed by atoms with van der Waals surface area (Å²) in [4.78, 5) is 11.0. The van der Waals surface area contributed by atoms with Gasteiger partial charge in [0, 0.05) is 17.4 Å². The zero-order valence-corrected chi connectivity index (χ0v) is 16.0. The number of hydrogen-bond donors (Lipinski definition) is 2.